The lowest BCUT2D eigenvalue weighted by atomic mass is 10.1. The number of nitrogens with zero attached hydrogens (tertiary/aromatic N) is 3. The van der Waals surface area contributed by atoms with Crippen LogP contribution in [0.4, 0.5) is 10.1 Å². The normalized spacial score (nSPS) is 13.5. The maximum Gasteiger partial charge on any atom is 0.248 e. The molecule has 2 heterocycles. The molecule has 3 aromatic rings. The van der Waals surface area contributed by atoms with E-state index in [0.29, 0.717) is 33.5 Å². The Hall–Kier alpha value is -3.39. The number of hydrogen-bond donors (Lipinski definition) is 1. The first-order valence-electron chi connectivity index (χ1n) is 10.6. The van der Waals surface area contributed by atoms with Crippen molar-refractivity contribution in [1.29, 1.82) is 0 Å². The fourth-order valence-electron chi connectivity index (χ4n) is 3.84. The summed E-state index contributed by atoms with van der Waals surface area (Å²) in [7, 11) is 2.99. The molecule has 33 heavy (non-hydrogen) atoms. The summed E-state index contributed by atoms with van der Waals surface area (Å²) < 4.78 is 27.0. The molecule has 2 aromatic carbocycles. The Kier molecular flexibility index (Phi) is 6.93. The van der Waals surface area contributed by atoms with Gasteiger partial charge in [0.2, 0.25) is 5.91 Å². The van der Waals surface area contributed by atoms with E-state index in [2.05, 4.69) is 20.1 Å². The van der Waals surface area contributed by atoms with Crippen molar-refractivity contribution in [2.24, 2.45) is 0 Å². The average molecular weight is 471 g/mol. The monoisotopic (exact) mass is 470 g/mol. The Labute approximate surface area is 196 Å². The van der Waals surface area contributed by atoms with Crippen LogP contribution in [0.1, 0.15) is 30.7 Å². The van der Waals surface area contributed by atoms with Gasteiger partial charge in [0.05, 0.1) is 24.9 Å². The van der Waals surface area contributed by atoms with Crippen LogP contribution in [-0.2, 0) is 17.8 Å². The molecule has 0 saturated carbocycles. The summed E-state index contributed by atoms with van der Waals surface area (Å²) in [6.45, 7) is 0.827. The molecule has 1 N–H and O–H groups in total. The number of fused-ring (bicyclic) bond motifs is 1. The highest BCUT2D eigenvalue weighted by atomic mass is 35.5. The van der Waals surface area contributed by atoms with Crippen LogP contribution in [-0.4, -0.2) is 34.9 Å². The average Bonchev–Trinajstić information content (AvgIpc) is 3.06. The first-order chi connectivity index (χ1) is 16.0. The smallest absolute Gasteiger partial charge is 0.248 e. The summed E-state index contributed by atoms with van der Waals surface area (Å²) in [6.07, 6.45) is 7.01. The first kappa shape index (κ1) is 22.8. The predicted octanol–water partition coefficient (Wildman–Crippen LogP) is 5.13. The number of nitrogens with one attached hydrogen (secondary N) is 1. The van der Waals surface area contributed by atoms with Crippen LogP contribution in [0.5, 0.6) is 11.5 Å². The van der Waals surface area contributed by atoms with Gasteiger partial charge in [-0.25, -0.2) is 4.39 Å². The number of hydrogen-bond acceptors (Lipinski definition) is 5. The van der Waals surface area contributed by atoms with Gasteiger partial charge in [0.25, 0.3) is 0 Å². The lowest BCUT2D eigenvalue weighted by Crippen LogP contribution is -2.10. The Morgan fingerprint density at radius 2 is 2.00 bits per heavy atom. The number of amides is 1. The van der Waals surface area contributed by atoms with Crippen molar-refractivity contribution in [3.05, 3.63) is 58.6 Å². The van der Waals surface area contributed by atoms with Gasteiger partial charge in [0.1, 0.15) is 11.6 Å². The Bertz CT molecular complexity index is 1210. The molecule has 0 saturated heterocycles. The first-order valence-corrected chi connectivity index (χ1v) is 11.0. The van der Waals surface area contributed by atoms with Crippen molar-refractivity contribution >= 4 is 29.3 Å². The summed E-state index contributed by atoms with van der Waals surface area (Å²) in [6, 6.07) is 7.88. The van der Waals surface area contributed by atoms with Crippen LogP contribution in [0.2, 0.25) is 5.02 Å². The third kappa shape index (κ3) is 5.01. The van der Waals surface area contributed by atoms with E-state index in [1.165, 1.54) is 26.4 Å². The number of methoxy groups -OCH3 is 2. The van der Waals surface area contributed by atoms with E-state index < -0.39 is 11.7 Å². The van der Waals surface area contributed by atoms with Crippen molar-refractivity contribution in [3.63, 3.8) is 0 Å². The quantitative estimate of drug-likeness (QED) is 0.505. The molecule has 0 fully saturated rings. The van der Waals surface area contributed by atoms with Crippen LogP contribution >= 0.6 is 11.6 Å². The third-order valence-corrected chi connectivity index (χ3v) is 5.76. The summed E-state index contributed by atoms with van der Waals surface area (Å²) in [4.78, 5) is 12.5. The van der Waals surface area contributed by atoms with Crippen LogP contribution in [0.15, 0.2) is 36.4 Å². The Morgan fingerprint density at radius 3 is 2.79 bits per heavy atom. The Balaban J connectivity index is 1.54. The van der Waals surface area contributed by atoms with Crippen LogP contribution in [0.25, 0.3) is 17.5 Å². The molecule has 0 atom stereocenters. The minimum absolute atomic E-state index is 0.0680. The van der Waals surface area contributed by atoms with Crippen molar-refractivity contribution in [2.45, 2.75) is 32.2 Å². The van der Waals surface area contributed by atoms with Gasteiger partial charge < -0.3 is 19.4 Å². The second kappa shape index (κ2) is 10.0. The lowest BCUT2D eigenvalue weighted by molar-refractivity contribution is -0.111. The number of carbonyl (C=O) groups excluding carboxylic acids is 1. The standard InChI is InChI=1S/C24H24ClFN4O3/c1-32-20-13-15(12-17(25)23(20)33-2)7-10-22(31)27-19-14-16(8-9-18(19)26)24-29-28-21-6-4-3-5-11-30(21)24/h7-10,12-14H,3-6,11H2,1-2H3,(H,27,31)/b10-7+. The molecule has 9 heteroatoms. The van der Waals surface area contributed by atoms with E-state index in [-0.39, 0.29) is 5.69 Å². The second-order valence-electron chi connectivity index (χ2n) is 7.66. The van der Waals surface area contributed by atoms with Crippen LogP contribution in [0.3, 0.4) is 0 Å². The second-order valence-corrected chi connectivity index (χ2v) is 8.06. The van der Waals surface area contributed by atoms with Crippen molar-refractivity contribution in [2.75, 3.05) is 19.5 Å². The maximum absolute atomic E-state index is 14.4. The molecule has 1 aliphatic rings. The molecule has 4 rings (SSSR count). The van der Waals surface area contributed by atoms with Crippen molar-refractivity contribution < 1.29 is 18.7 Å². The zero-order chi connectivity index (χ0) is 23.4. The molecule has 1 aliphatic heterocycles. The highest BCUT2D eigenvalue weighted by molar-refractivity contribution is 6.32. The molecular formula is C24H24ClFN4O3. The van der Waals surface area contributed by atoms with Gasteiger partial charge in [-0.3, -0.25) is 4.79 Å². The topological polar surface area (TPSA) is 78.3 Å². The molecular weight excluding hydrogens is 447 g/mol. The molecule has 1 aromatic heterocycles. The number of aryl methyl sites for hydroxylation is 1. The van der Waals surface area contributed by atoms with E-state index in [0.717, 1.165) is 38.1 Å². The van der Waals surface area contributed by atoms with Crippen LogP contribution in [0, 0.1) is 5.82 Å². The number of benzene rings is 2. The fraction of sp³-hybridized carbons (Fsp3) is 0.292. The van der Waals surface area contributed by atoms with Gasteiger partial charge in [0.15, 0.2) is 17.3 Å². The number of aromatic nitrogens is 3. The van der Waals surface area contributed by atoms with E-state index in [4.69, 9.17) is 21.1 Å². The summed E-state index contributed by atoms with van der Waals surface area (Å²) in [5, 5.41) is 11.5. The minimum atomic E-state index is -0.537. The number of rotatable bonds is 6. The molecule has 1 amide bonds. The van der Waals surface area contributed by atoms with E-state index in [9.17, 15) is 9.18 Å². The van der Waals surface area contributed by atoms with E-state index in [1.54, 1.807) is 30.3 Å². The largest absolute Gasteiger partial charge is 0.493 e. The van der Waals surface area contributed by atoms with Gasteiger partial charge in [-0.2, -0.15) is 0 Å². The highest BCUT2D eigenvalue weighted by Crippen LogP contribution is 2.36. The highest BCUT2D eigenvalue weighted by Gasteiger charge is 2.17. The Morgan fingerprint density at radius 1 is 1.15 bits per heavy atom. The summed E-state index contributed by atoms with van der Waals surface area (Å²) in [5.74, 6) is 1.44. The fourth-order valence-corrected chi connectivity index (χ4v) is 4.14. The van der Waals surface area contributed by atoms with Gasteiger partial charge in [0, 0.05) is 24.6 Å². The molecule has 0 aliphatic carbocycles. The van der Waals surface area contributed by atoms with Gasteiger partial charge >= 0.3 is 0 Å². The van der Waals surface area contributed by atoms with Crippen LogP contribution < -0.4 is 14.8 Å². The maximum atomic E-state index is 14.4. The zero-order valence-electron chi connectivity index (χ0n) is 18.4. The predicted molar refractivity (Wildman–Crippen MR) is 125 cm³/mol. The number of anilines is 1. The number of ether oxygens (including phenoxy) is 2. The molecule has 0 unspecified atom stereocenters. The molecule has 0 spiro atoms. The summed E-state index contributed by atoms with van der Waals surface area (Å²) >= 11 is 6.20. The lowest BCUT2D eigenvalue weighted by Gasteiger charge is -2.10. The molecule has 172 valence electrons. The third-order valence-electron chi connectivity index (χ3n) is 5.47. The van der Waals surface area contributed by atoms with Crippen molar-refractivity contribution in [3.8, 4) is 22.9 Å². The summed E-state index contributed by atoms with van der Waals surface area (Å²) in [5.41, 5.74) is 1.40. The molecule has 7 nitrogen and oxygen atoms in total. The van der Waals surface area contributed by atoms with Crippen molar-refractivity contribution in [1.82, 2.24) is 14.8 Å². The van der Waals surface area contributed by atoms with Gasteiger partial charge in [-0.05, 0) is 54.8 Å². The number of halogens is 2. The van der Waals surface area contributed by atoms with E-state index >= 15 is 0 Å². The zero-order valence-corrected chi connectivity index (χ0v) is 19.2. The SMILES string of the molecule is COc1cc(/C=C/C(=O)Nc2cc(-c3nnc4n3CCCCC4)ccc2F)cc(Cl)c1OC. The molecule has 0 radical (unpaired) electrons. The van der Waals surface area contributed by atoms with E-state index in [1.807, 2.05) is 0 Å². The number of carbonyl (C=O) groups is 1. The van der Waals surface area contributed by atoms with Gasteiger partial charge in [-0.1, -0.05) is 18.0 Å². The van der Waals surface area contributed by atoms with Gasteiger partial charge in [-0.15, -0.1) is 10.2 Å². The minimum Gasteiger partial charge on any atom is -0.493 e. The molecule has 0 bridgehead atoms.